The SMILES string of the molecule is O/N=C/C1=NC=NC1. The van der Waals surface area contributed by atoms with Gasteiger partial charge in [0.1, 0.15) is 6.34 Å². The van der Waals surface area contributed by atoms with Crippen LogP contribution in [0, 0.1) is 0 Å². The van der Waals surface area contributed by atoms with E-state index in [0.717, 1.165) is 0 Å². The second-order valence-corrected chi connectivity index (χ2v) is 1.32. The highest BCUT2D eigenvalue weighted by Gasteiger charge is 1.95. The molecule has 42 valence electrons. The molecule has 0 radical (unpaired) electrons. The van der Waals surface area contributed by atoms with Gasteiger partial charge in [-0.15, -0.1) is 0 Å². The first-order chi connectivity index (χ1) is 3.93. The van der Waals surface area contributed by atoms with E-state index in [1.807, 2.05) is 0 Å². The van der Waals surface area contributed by atoms with Crippen LogP contribution in [0.25, 0.3) is 0 Å². The second-order valence-electron chi connectivity index (χ2n) is 1.32. The monoisotopic (exact) mass is 111 g/mol. The summed E-state index contributed by atoms with van der Waals surface area (Å²) < 4.78 is 0. The molecule has 0 amide bonds. The summed E-state index contributed by atoms with van der Waals surface area (Å²) in [5.74, 6) is 0. The lowest BCUT2D eigenvalue weighted by atomic mass is 10.4. The highest BCUT2D eigenvalue weighted by molar-refractivity contribution is 6.34. The van der Waals surface area contributed by atoms with Gasteiger partial charge in [-0.1, -0.05) is 5.16 Å². The Morgan fingerprint density at radius 3 is 3.25 bits per heavy atom. The molecule has 0 fully saturated rings. The summed E-state index contributed by atoms with van der Waals surface area (Å²) in [4.78, 5) is 7.49. The molecule has 8 heavy (non-hydrogen) atoms. The van der Waals surface area contributed by atoms with Crippen molar-refractivity contribution < 1.29 is 5.21 Å². The van der Waals surface area contributed by atoms with Crippen LogP contribution in [0.15, 0.2) is 15.1 Å². The predicted molar refractivity (Wildman–Crippen MR) is 31.1 cm³/mol. The highest BCUT2D eigenvalue weighted by Crippen LogP contribution is 1.83. The number of hydrogen-bond donors (Lipinski definition) is 1. The first kappa shape index (κ1) is 4.96. The summed E-state index contributed by atoms with van der Waals surface area (Å²) in [5, 5.41) is 10.7. The van der Waals surface area contributed by atoms with Gasteiger partial charge in [-0.2, -0.15) is 0 Å². The summed E-state index contributed by atoms with van der Waals surface area (Å²) in [6.07, 6.45) is 2.71. The fourth-order valence-corrected chi connectivity index (χ4v) is 0.431. The fraction of sp³-hybridized carbons (Fsp3) is 0.250. The van der Waals surface area contributed by atoms with Gasteiger partial charge in [0.05, 0.1) is 18.5 Å². The van der Waals surface area contributed by atoms with Crippen molar-refractivity contribution in [2.75, 3.05) is 6.54 Å². The Labute approximate surface area is 46.3 Å². The number of rotatable bonds is 1. The Morgan fingerprint density at radius 2 is 2.75 bits per heavy atom. The quantitative estimate of drug-likeness (QED) is 0.287. The lowest BCUT2D eigenvalue weighted by molar-refractivity contribution is 0.322. The van der Waals surface area contributed by atoms with E-state index in [0.29, 0.717) is 12.3 Å². The summed E-state index contributed by atoms with van der Waals surface area (Å²) in [7, 11) is 0. The summed E-state index contributed by atoms with van der Waals surface area (Å²) in [6, 6.07) is 0. The van der Waals surface area contributed by atoms with Crippen molar-refractivity contribution in [3.05, 3.63) is 0 Å². The molecule has 0 unspecified atom stereocenters. The van der Waals surface area contributed by atoms with Gasteiger partial charge in [-0.3, -0.25) is 4.99 Å². The minimum atomic E-state index is 0.532. The highest BCUT2D eigenvalue weighted by atomic mass is 16.4. The Balaban J connectivity index is 2.51. The van der Waals surface area contributed by atoms with E-state index in [-0.39, 0.29) is 0 Å². The average Bonchev–Trinajstić information content (AvgIpc) is 2.19. The molecule has 4 heteroatoms. The van der Waals surface area contributed by atoms with E-state index < -0.39 is 0 Å². The maximum atomic E-state index is 7.96. The molecule has 0 atom stereocenters. The molecule has 0 bridgehead atoms. The summed E-state index contributed by atoms with van der Waals surface area (Å²) in [6.45, 7) is 0.532. The molecule has 1 N–H and O–H groups in total. The third kappa shape index (κ3) is 0.900. The molecule has 0 aromatic rings. The number of oxime groups is 1. The molecule has 0 aliphatic carbocycles. The normalized spacial score (nSPS) is 17.8. The van der Waals surface area contributed by atoms with Crippen LogP contribution in [0.2, 0.25) is 0 Å². The molecule has 1 aliphatic rings. The molecule has 1 aliphatic heterocycles. The molecule has 0 saturated heterocycles. The molecular formula is C4H5N3O. The number of hydrogen-bond acceptors (Lipinski definition) is 4. The van der Waals surface area contributed by atoms with E-state index in [1.54, 1.807) is 0 Å². The van der Waals surface area contributed by atoms with Crippen LogP contribution in [0.3, 0.4) is 0 Å². The Morgan fingerprint density at radius 1 is 1.88 bits per heavy atom. The van der Waals surface area contributed by atoms with Gasteiger partial charge in [0, 0.05) is 0 Å². The third-order valence-electron chi connectivity index (χ3n) is 0.765. The lowest BCUT2D eigenvalue weighted by Gasteiger charge is -1.79. The standard InChI is InChI=1S/C4H5N3O/c8-7-2-4-1-5-3-6-4/h2-3,8H,1H2/b7-2+. The lowest BCUT2D eigenvalue weighted by Crippen LogP contribution is -1.99. The van der Waals surface area contributed by atoms with E-state index >= 15 is 0 Å². The smallest absolute Gasteiger partial charge is 0.110 e. The van der Waals surface area contributed by atoms with E-state index in [2.05, 4.69) is 15.1 Å². The van der Waals surface area contributed by atoms with Gasteiger partial charge in [0.15, 0.2) is 0 Å². The van der Waals surface area contributed by atoms with Gasteiger partial charge >= 0.3 is 0 Å². The molecule has 1 heterocycles. The van der Waals surface area contributed by atoms with Crippen LogP contribution in [-0.2, 0) is 0 Å². The Bertz CT molecular complexity index is 159. The van der Waals surface area contributed by atoms with Crippen molar-refractivity contribution in [2.45, 2.75) is 0 Å². The zero-order valence-corrected chi connectivity index (χ0v) is 4.15. The molecular weight excluding hydrogens is 106 g/mol. The summed E-state index contributed by atoms with van der Waals surface area (Å²) in [5.41, 5.74) is 0.688. The van der Waals surface area contributed by atoms with Crippen molar-refractivity contribution in [1.29, 1.82) is 0 Å². The van der Waals surface area contributed by atoms with Crippen LogP contribution >= 0.6 is 0 Å². The Hall–Kier alpha value is -1.19. The zero-order chi connectivity index (χ0) is 5.82. The molecule has 0 aromatic carbocycles. The Kier molecular flexibility index (Phi) is 1.37. The molecule has 4 nitrogen and oxygen atoms in total. The average molecular weight is 111 g/mol. The maximum absolute atomic E-state index is 7.96. The third-order valence-corrected chi connectivity index (χ3v) is 0.765. The van der Waals surface area contributed by atoms with E-state index in [4.69, 9.17) is 5.21 Å². The van der Waals surface area contributed by atoms with Gasteiger partial charge < -0.3 is 5.21 Å². The predicted octanol–water partition coefficient (Wildman–Crippen LogP) is -0.0707. The van der Waals surface area contributed by atoms with Crippen LogP contribution < -0.4 is 0 Å². The van der Waals surface area contributed by atoms with Crippen molar-refractivity contribution in [1.82, 2.24) is 0 Å². The van der Waals surface area contributed by atoms with Crippen LogP contribution in [0.4, 0.5) is 0 Å². The zero-order valence-electron chi connectivity index (χ0n) is 4.15. The van der Waals surface area contributed by atoms with Crippen LogP contribution in [0.1, 0.15) is 0 Å². The topological polar surface area (TPSA) is 57.3 Å². The minimum absolute atomic E-state index is 0.532. The van der Waals surface area contributed by atoms with Gasteiger partial charge in [0.2, 0.25) is 0 Å². The van der Waals surface area contributed by atoms with Crippen LogP contribution in [-0.4, -0.2) is 30.0 Å². The first-order valence-electron chi connectivity index (χ1n) is 2.16. The first-order valence-corrected chi connectivity index (χ1v) is 2.16. The van der Waals surface area contributed by atoms with Gasteiger partial charge in [-0.25, -0.2) is 4.99 Å². The second kappa shape index (κ2) is 2.20. The fourth-order valence-electron chi connectivity index (χ4n) is 0.431. The van der Waals surface area contributed by atoms with Crippen molar-refractivity contribution in [3.63, 3.8) is 0 Å². The number of nitrogens with zero attached hydrogens (tertiary/aromatic N) is 3. The van der Waals surface area contributed by atoms with Crippen molar-refractivity contribution >= 4 is 18.3 Å². The van der Waals surface area contributed by atoms with Crippen LogP contribution in [0.5, 0.6) is 0 Å². The molecule has 0 aromatic heterocycles. The molecule has 0 saturated carbocycles. The number of aliphatic imine (C=N–C) groups is 2. The largest absolute Gasteiger partial charge is 0.411 e. The van der Waals surface area contributed by atoms with Crippen molar-refractivity contribution in [2.24, 2.45) is 15.1 Å². The van der Waals surface area contributed by atoms with Gasteiger partial charge in [0.25, 0.3) is 0 Å². The molecule has 1 rings (SSSR count). The molecule has 0 spiro atoms. The van der Waals surface area contributed by atoms with Crippen molar-refractivity contribution in [3.8, 4) is 0 Å². The minimum Gasteiger partial charge on any atom is -0.411 e. The van der Waals surface area contributed by atoms with E-state index in [1.165, 1.54) is 12.6 Å². The maximum Gasteiger partial charge on any atom is 0.110 e. The summed E-state index contributed by atoms with van der Waals surface area (Å²) >= 11 is 0. The van der Waals surface area contributed by atoms with Gasteiger partial charge in [-0.05, 0) is 0 Å². The van der Waals surface area contributed by atoms with E-state index in [9.17, 15) is 0 Å².